The molecular weight excluding hydrogens is 443 g/mol. The SMILES string of the molecule is CNC[C@H](CC1CCCCC1)NC(=O)c1cccc([C@@](O)(CCCCOC)c2ccc(F)cc2)c1. The van der Waals surface area contributed by atoms with Gasteiger partial charge in [-0.25, -0.2) is 4.39 Å². The first-order valence-corrected chi connectivity index (χ1v) is 13.0. The van der Waals surface area contributed by atoms with Gasteiger partial charge in [0.05, 0.1) is 0 Å². The van der Waals surface area contributed by atoms with Crippen LogP contribution in [0, 0.1) is 11.7 Å². The van der Waals surface area contributed by atoms with Crippen LogP contribution in [0.25, 0.3) is 0 Å². The minimum absolute atomic E-state index is 0.0595. The number of hydrogen-bond acceptors (Lipinski definition) is 4. The van der Waals surface area contributed by atoms with Gasteiger partial charge in [0.15, 0.2) is 0 Å². The summed E-state index contributed by atoms with van der Waals surface area (Å²) in [5.41, 5.74) is 0.431. The van der Waals surface area contributed by atoms with E-state index in [0.29, 0.717) is 35.6 Å². The predicted octanol–water partition coefficient (Wildman–Crippen LogP) is 5.17. The summed E-state index contributed by atoms with van der Waals surface area (Å²) < 4.78 is 18.8. The Kier molecular flexibility index (Phi) is 10.7. The molecular formula is C29H41FN2O3. The molecule has 0 radical (unpaired) electrons. The highest BCUT2D eigenvalue weighted by molar-refractivity contribution is 5.94. The average Bonchev–Trinajstić information content (AvgIpc) is 2.87. The molecule has 0 aliphatic heterocycles. The fourth-order valence-electron chi connectivity index (χ4n) is 5.26. The fourth-order valence-corrected chi connectivity index (χ4v) is 5.26. The Morgan fingerprint density at radius 2 is 1.86 bits per heavy atom. The van der Waals surface area contributed by atoms with Crippen LogP contribution in [0.4, 0.5) is 4.39 Å². The number of carbonyl (C=O) groups excluding carboxylic acids is 1. The van der Waals surface area contributed by atoms with Crippen LogP contribution >= 0.6 is 0 Å². The van der Waals surface area contributed by atoms with E-state index in [-0.39, 0.29) is 17.8 Å². The first-order valence-electron chi connectivity index (χ1n) is 13.0. The van der Waals surface area contributed by atoms with E-state index in [1.165, 1.54) is 44.2 Å². The molecule has 0 saturated heterocycles. The number of nitrogens with one attached hydrogen (secondary N) is 2. The van der Waals surface area contributed by atoms with E-state index >= 15 is 0 Å². The van der Waals surface area contributed by atoms with E-state index in [9.17, 15) is 14.3 Å². The summed E-state index contributed by atoms with van der Waals surface area (Å²) in [6, 6.07) is 13.2. The standard InChI is InChI=1S/C29H41FN2O3/c1-31-21-27(19-22-9-4-3-5-10-22)32-28(33)23-11-8-12-25(20-23)29(34,17-6-7-18-35-2)24-13-15-26(30)16-14-24/h8,11-16,20,22,27,31,34H,3-7,9-10,17-19,21H2,1-2H3,(H,32,33)/t27-,29+/m0/s1. The van der Waals surface area contributed by atoms with Crippen molar-refractivity contribution in [2.75, 3.05) is 27.3 Å². The molecule has 1 fully saturated rings. The lowest BCUT2D eigenvalue weighted by molar-refractivity contribution is 0.0649. The molecule has 1 saturated carbocycles. The molecule has 0 spiro atoms. The number of rotatable bonds is 13. The third kappa shape index (κ3) is 7.86. The number of likely N-dealkylation sites (N-methyl/N-ethyl adjacent to an activating group) is 1. The van der Waals surface area contributed by atoms with Crippen LogP contribution in [0.15, 0.2) is 48.5 Å². The molecule has 1 aliphatic carbocycles. The lowest BCUT2D eigenvalue weighted by atomic mass is 9.81. The Bertz CT molecular complexity index is 914. The largest absolute Gasteiger partial charge is 0.385 e. The summed E-state index contributed by atoms with van der Waals surface area (Å²) >= 11 is 0. The Morgan fingerprint density at radius 3 is 2.54 bits per heavy atom. The summed E-state index contributed by atoms with van der Waals surface area (Å²) in [6.45, 7) is 1.33. The van der Waals surface area contributed by atoms with Crippen LogP contribution in [0.3, 0.4) is 0 Å². The van der Waals surface area contributed by atoms with Crippen LogP contribution in [-0.2, 0) is 10.3 Å². The topological polar surface area (TPSA) is 70.6 Å². The molecule has 0 bridgehead atoms. The van der Waals surface area contributed by atoms with Gasteiger partial charge in [-0.2, -0.15) is 0 Å². The molecule has 0 unspecified atom stereocenters. The van der Waals surface area contributed by atoms with Gasteiger partial charge in [-0.15, -0.1) is 0 Å². The van der Waals surface area contributed by atoms with Gasteiger partial charge < -0.3 is 20.5 Å². The highest BCUT2D eigenvalue weighted by Crippen LogP contribution is 2.35. The zero-order chi connectivity index (χ0) is 25.1. The molecule has 192 valence electrons. The van der Waals surface area contributed by atoms with Gasteiger partial charge in [-0.1, -0.05) is 56.4 Å². The van der Waals surface area contributed by atoms with E-state index in [4.69, 9.17) is 4.74 Å². The number of carbonyl (C=O) groups is 1. The van der Waals surface area contributed by atoms with Crippen molar-refractivity contribution in [3.05, 3.63) is 71.0 Å². The van der Waals surface area contributed by atoms with Crippen LogP contribution in [-0.4, -0.2) is 44.4 Å². The van der Waals surface area contributed by atoms with Crippen LogP contribution in [0.2, 0.25) is 0 Å². The van der Waals surface area contributed by atoms with Gasteiger partial charge in [0.1, 0.15) is 11.4 Å². The lowest BCUT2D eigenvalue weighted by Crippen LogP contribution is -2.42. The maximum atomic E-state index is 13.6. The normalized spacial score (nSPS) is 17.0. The Balaban J connectivity index is 1.79. The highest BCUT2D eigenvalue weighted by atomic mass is 19.1. The molecule has 1 amide bonds. The lowest BCUT2D eigenvalue weighted by Gasteiger charge is -2.30. The molecule has 0 heterocycles. The maximum absolute atomic E-state index is 13.6. The molecule has 2 atom stereocenters. The molecule has 2 aromatic carbocycles. The molecule has 6 heteroatoms. The predicted molar refractivity (Wildman–Crippen MR) is 138 cm³/mol. The second-order valence-corrected chi connectivity index (χ2v) is 9.87. The van der Waals surface area contributed by atoms with Crippen molar-refractivity contribution >= 4 is 5.91 Å². The molecule has 3 rings (SSSR count). The van der Waals surface area contributed by atoms with E-state index in [1.54, 1.807) is 31.4 Å². The number of methoxy groups -OCH3 is 1. The quantitative estimate of drug-likeness (QED) is 0.343. The second kappa shape index (κ2) is 13.7. The Hall–Kier alpha value is -2.28. The first kappa shape index (κ1) is 27.3. The summed E-state index contributed by atoms with van der Waals surface area (Å²) in [7, 11) is 3.57. The molecule has 0 aromatic heterocycles. The van der Waals surface area contributed by atoms with Crippen molar-refractivity contribution in [2.45, 2.75) is 69.4 Å². The number of ether oxygens (including phenoxy) is 1. The molecule has 2 aromatic rings. The number of halogens is 1. The first-order chi connectivity index (χ1) is 17.0. The maximum Gasteiger partial charge on any atom is 0.251 e. The number of benzene rings is 2. The minimum Gasteiger partial charge on any atom is -0.385 e. The third-order valence-electron chi connectivity index (χ3n) is 7.19. The Labute approximate surface area is 209 Å². The number of aliphatic hydroxyl groups is 1. The third-order valence-corrected chi connectivity index (χ3v) is 7.19. The van der Waals surface area contributed by atoms with E-state index in [0.717, 1.165) is 25.8 Å². The van der Waals surface area contributed by atoms with Crippen LogP contribution < -0.4 is 10.6 Å². The van der Waals surface area contributed by atoms with Gasteiger partial charge in [0, 0.05) is 31.9 Å². The van der Waals surface area contributed by atoms with Crippen molar-refractivity contribution in [2.24, 2.45) is 5.92 Å². The molecule has 5 nitrogen and oxygen atoms in total. The van der Waals surface area contributed by atoms with E-state index < -0.39 is 5.60 Å². The second-order valence-electron chi connectivity index (χ2n) is 9.87. The molecule has 3 N–H and O–H groups in total. The van der Waals surface area contributed by atoms with E-state index in [1.807, 2.05) is 19.2 Å². The summed E-state index contributed by atoms with van der Waals surface area (Å²) in [5.74, 6) is 0.172. The van der Waals surface area contributed by atoms with Crippen LogP contribution in [0.1, 0.15) is 79.3 Å². The fraction of sp³-hybridized carbons (Fsp3) is 0.552. The zero-order valence-corrected chi connectivity index (χ0v) is 21.2. The van der Waals surface area contributed by atoms with Gasteiger partial charge in [-0.05, 0) is 74.0 Å². The summed E-state index contributed by atoms with van der Waals surface area (Å²) in [4.78, 5) is 13.2. The van der Waals surface area contributed by atoms with Crippen LogP contribution in [0.5, 0.6) is 0 Å². The van der Waals surface area contributed by atoms with Gasteiger partial charge in [-0.3, -0.25) is 4.79 Å². The van der Waals surface area contributed by atoms with Crippen molar-refractivity contribution in [3.8, 4) is 0 Å². The van der Waals surface area contributed by atoms with Gasteiger partial charge in [0.25, 0.3) is 5.91 Å². The van der Waals surface area contributed by atoms with Crippen molar-refractivity contribution in [3.63, 3.8) is 0 Å². The number of amides is 1. The molecule has 35 heavy (non-hydrogen) atoms. The molecule has 1 aliphatic rings. The summed E-state index contributed by atoms with van der Waals surface area (Å²) in [6.07, 6.45) is 9.28. The monoisotopic (exact) mass is 484 g/mol. The number of unbranched alkanes of at least 4 members (excludes halogenated alkanes) is 1. The minimum atomic E-state index is -1.33. The van der Waals surface area contributed by atoms with Gasteiger partial charge >= 0.3 is 0 Å². The van der Waals surface area contributed by atoms with Crippen molar-refractivity contribution in [1.29, 1.82) is 0 Å². The Morgan fingerprint density at radius 1 is 1.11 bits per heavy atom. The number of hydrogen-bond donors (Lipinski definition) is 3. The highest BCUT2D eigenvalue weighted by Gasteiger charge is 2.32. The average molecular weight is 485 g/mol. The summed E-state index contributed by atoms with van der Waals surface area (Å²) in [5, 5.41) is 18.3. The van der Waals surface area contributed by atoms with Crippen molar-refractivity contribution in [1.82, 2.24) is 10.6 Å². The van der Waals surface area contributed by atoms with Gasteiger partial charge in [0.2, 0.25) is 0 Å². The smallest absolute Gasteiger partial charge is 0.251 e. The zero-order valence-electron chi connectivity index (χ0n) is 21.2. The van der Waals surface area contributed by atoms with Crippen molar-refractivity contribution < 1.29 is 19.0 Å². The van der Waals surface area contributed by atoms with E-state index in [2.05, 4.69) is 10.6 Å².